The van der Waals surface area contributed by atoms with Gasteiger partial charge in [0, 0.05) is 72.0 Å². The monoisotopic (exact) mass is 609 g/mol. The van der Waals surface area contributed by atoms with Crippen molar-refractivity contribution in [2.45, 2.75) is 64.3 Å². The molecule has 13 heteroatoms. The highest BCUT2D eigenvalue weighted by Crippen LogP contribution is 2.84. The molecule has 6 heterocycles. The van der Waals surface area contributed by atoms with Crippen LogP contribution in [0.2, 0.25) is 0 Å². The van der Waals surface area contributed by atoms with E-state index in [9.17, 15) is 4.39 Å². The fraction of sp³-hybridized carbons (Fsp3) is 0.778. The summed E-state index contributed by atoms with van der Waals surface area (Å²) >= 11 is 0. The van der Waals surface area contributed by atoms with Crippen molar-refractivity contribution in [2.24, 2.45) is 13.5 Å². The molecule has 0 N–H and O–H groups in total. The van der Waals surface area contributed by atoms with Gasteiger partial charge in [0.15, 0.2) is 0 Å². The van der Waals surface area contributed by atoms with E-state index in [1.165, 1.54) is 51.4 Å². The van der Waals surface area contributed by atoms with Gasteiger partial charge in [-0.05, 0) is 82.5 Å². The van der Waals surface area contributed by atoms with Crippen LogP contribution in [0.5, 0.6) is 0 Å². The topological polar surface area (TPSA) is 56.5 Å². The highest BCUT2D eigenvalue weighted by molar-refractivity contribution is 7.83. The molecule has 6 aliphatic heterocycles. The van der Waals surface area contributed by atoms with Gasteiger partial charge in [0.1, 0.15) is 5.82 Å². The molecule has 1 spiro atoms. The van der Waals surface area contributed by atoms with Gasteiger partial charge < -0.3 is 0 Å². The summed E-state index contributed by atoms with van der Waals surface area (Å²) in [4.78, 5) is 0. The fourth-order valence-electron chi connectivity index (χ4n) is 7.41. The number of hydrogen-bond donors (Lipinski definition) is 0. The van der Waals surface area contributed by atoms with E-state index in [2.05, 4.69) is 35.1 Å². The second kappa shape index (κ2) is 11.6. The molecule has 0 aromatic heterocycles. The maximum absolute atomic E-state index is 13.9. The van der Waals surface area contributed by atoms with Crippen molar-refractivity contribution in [1.29, 1.82) is 0 Å². The molecule has 5 saturated heterocycles. The summed E-state index contributed by atoms with van der Waals surface area (Å²) in [5, 5.41) is 0. The molecule has 0 bridgehead atoms. The maximum atomic E-state index is 13.9. The Hall–Kier alpha value is -0.400. The van der Waals surface area contributed by atoms with Crippen molar-refractivity contribution in [3.63, 3.8) is 0 Å². The highest BCUT2D eigenvalue weighted by Gasteiger charge is 2.53. The third kappa shape index (κ3) is 4.88. The average Bonchev–Trinajstić information content (AvgIpc) is 3.80. The van der Waals surface area contributed by atoms with Gasteiger partial charge in [-0.25, -0.2) is 32.4 Å². The Bertz CT molecular complexity index is 1150. The van der Waals surface area contributed by atoms with Crippen molar-refractivity contribution in [3.05, 3.63) is 35.6 Å². The summed E-state index contributed by atoms with van der Waals surface area (Å²) in [6.45, 7) is 11.7. The summed E-state index contributed by atoms with van der Waals surface area (Å²) in [7, 11) is -4.83. The van der Waals surface area contributed by atoms with Crippen LogP contribution in [0.3, 0.4) is 0 Å². The number of rotatable bonds is 6. The molecule has 222 valence electrons. The first-order chi connectivity index (χ1) is 19.5. The van der Waals surface area contributed by atoms with Crippen molar-refractivity contribution in [3.8, 4) is 0 Å². The van der Waals surface area contributed by atoms with Gasteiger partial charge >= 0.3 is 0 Å². The number of benzene rings is 1. The van der Waals surface area contributed by atoms with Crippen LogP contribution >= 0.6 is 22.5 Å². The van der Waals surface area contributed by atoms with E-state index in [1.54, 1.807) is 12.1 Å². The predicted octanol–water partition coefficient (Wildman–Crippen LogP) is 7.20. The van der Waals surface area contributed by atoms with Gasteiger partial charge in [0.05, 0.1) is 0 Å². The minimum Gasteiger partial charge on any atom is -0.243 e. The van der Waals surface area contributed by atoms with Crippen LogP contribution in [0.15, 0.2) is 37.8 Å². The third-order valence-corrected chi connectivity index (χ3v) is 22.2. The second-order valence-corrected chi connectivity index (χ2v) is 21.1. The average molecular weight is 610 g/mol. The number of hydrogen-bond acceptors (Lipinski definition) is 9. The fourth-order valence-corrected chi connectivity index (χ4v) is 23.9. The van der Waals surface area contributed by atoms with Crippen LogP contribution < -0.4 is 0 Å². The Balaban J connectivity index is 1.50. The molecular formula is C27H47FN9P3. The van der Waals surface area contributed by atoms with Crippen molar-refractivity contribution < 1.29 is 4.39 Å². The van der Waals surface area contributed by atoms with Crippen molar-refractivity contribution in [2.75, 3.05) is 72.5 Å². The highest BCUT2D eigenvalue weighted by atomic mass is 31.3. The number of nitrogens with zero attached hydrogens (tertiary/aromatic N) is 9. The first-order valence-electron chi connectivity index (χ1n) is 15.7. The molecule has 6 aliphatic rings. The first-order valence-corrected chi connectivity index (χ1v) is 20.5. The van der Waals surface area contributed by atoms with Gasteiger partial charge in [0.2, 0.25) is 22.5 Å². The van der Waals surface area contributed by atoms with Crippen LogP contribution in [0.4, 0.5) is 4.39 Å². The molecule has 0 radical (unpaired) electrons. The molecule has 0 saturated carbocycles. The van der Waals surface area contributed by atoms with E-state index < -0.39 is 22.5 Å². The predicted molar refractivity (Wildman–Crippen MR) is 165 cm³/mol. The standard InChI is InChI=1S/C27H47FN9P3/c1-32-15-10-24-37(25-26-11-13-27(28)14-12-26)38(32)29-39(33-16-2-3-17-33,34-18-4-5-19-34)31-40(30-38,35-20-6-7-21-35)36-22-8-9-23-36/h11-14H,2-10,15-25H2,1H3. The van der Waals surface area contributed by atoms with E-state index in [-0.39, 0.29) is 5.82 Å². The van der Waals surface area contributed by atoms with E-state index >= 15 is 0 Å². The van der Waals surface area contributed by atoms with Crippen molar-refractivity contribution >= 4 is 22.5 Å². The van der Waals surface area contributed by atoms with Crippen LogP contribution in [-0.2, 0) is 6.54 Å². The minimum absolute atomic E-state index is 0.170. The molecule has 9 nitrogen and oxygen atoms in total. The zero-order valence-corrected chi connectivity index (χ0v) is 26.9. The van der Waals surface area contributed by atoms with Crippen molar-refractivity contribution in [1.82, 2.24) is 28.0 Å². The Morgan fingerprint density at radius 1 is 0.550 bits per heavy atom. The van der Waals surface area contributed by atoms with E-state index in [1.807, 2.05) is 12.1 Å². The zero-order valence-electron chi connectivity index (χ0n) is 24.2. The Kier molecular flexibility index (Phi) is 8.23. The summed E-state index contributed by atoms with van der Waals surface area (Å²) in [6, 6.07) is 7.13. The summed E-state index contributed by atoms with van der Waals surface area (Å²) in [5.41, 5.74) is 1.15. The molecular weight excluding hydrogens is 562 g/mol. The molecule has 7 rings (SSSR count). The van der Waals surface area contributed by atoms with E-state index in [0.717, 1.165) is 84.0 Å². The lowest BCUT2D eigenvalue weighted by atomic mass is 10.2. The second-order valence-electron chi connectivity index (χ2n) is 12.3. The lowest BCUT2D eigenvalue weighted by Crippen LogP contribution is -2.39. The van der Waals surface area contributed by atoms with Gasteiger partial charge in [0.25, 0.3) is 0 Å². The molecule has 1 aromatic rings. The number of halogens is 1. The Labute approximate surface area is 240 Å². The van der Waals surface area contributed by atoms with Gasteiger partial charge in [-0.3, -0.25) is 0 Å². The lowest BCUT2D eigenvalue weighted by Gasteiger charge is -2.52. The van der Waals surface area contributed by atoms with Crippen LogP contribution in [0.1, 0.15) is 63.4 Å². The smallest absolute Gasteiger partial charge is 0.221 e. The molecule has 1 atom stereocenters. The van der Waals surface area contributed by atoms with Gasteiger partial charge in [-0.2, -0.15) is 13.5 Å². The largest absolute Gasteiger partial charge is 0.243 e. The van der Waals surface area contributed by atoms with E-state index in [0.29, 0.717) is 0 Å². The Morgan fingerprint density at radius 3 is 1.40 bits per heavy atom. The normalized spacial score (nSPS) is 32.5. The zero-order chi connectivity index (χ0) is 27.2. The van der Waals surface area contributed by atoms with Crippen LogP contribution in [-0.4, -0.2) is 101 Å². The van der Waals surface area contributed by atoms with Crippen LogP contribution in [0, 0.1) is 5.82 Å². The van der Waals surface area contributed by atoms with Crippen LogP contribution in [0.25, 0.3) is 0 Å². The van der Waals surface area contributed by atoms with E-state index in [4.69, 9.17) is 13.5 Å². The molecule has 40 heavy (non-hydrogen) atoms. The van der Waals surface area contributed by atoms with Gasteiger partial charge in [-0.15, -0.1) is 0 Å². The molecule has 0 aliphatic carbocycles. The third-order valence-electron chi connectivity index (χ3n) is 9.58. The molecule has 1 unspecified atom stereocenters. The molecule has 5 fully saturated rings. The minimum atomic E-state index is -2.45. The Morgan fingerprint density at radius 2 is 0.950 bits per heavy atom. The first kappa shape index (κ1) is 28.4. The molecule has 1 aromatic carbocycles. The summed E-state index contributed by atoms with van der Waals surface area (Å²) < 4.78 is 48.7. The lowest BCUT2D eigenvalue weighted by molar-refractivity contribution is 0.332. The van der Waals surface area contributed by atoms with Gasteiger partial charge in [-0.1, -0.05) is 12.1 Å². The maximum Gasteiger partial charge on any atom is 0.221 e. The SMILES string of the molecule is CN1CCCN(Cc2ccc(F)cc2)P12=NP(N1CCCC1)(N1CCCC1)=NP(N1CCCC1)(N1CCCC1)=N2. The summed E-state index contributed by atoms with van der Waals surface area (Å²) in [6.07, 6.45) is 11.1. The quantitative estimate of drug-likeness (QED) is 0.318. The molecule has 0 amide bonds. The summed E-state index contributed by atoms with van der Waals surface area (Å²) in [5.74, 6) is -0.170.